The van der Waals surface area contributed by atoms with Crippen molar-refractivity contribution in [3.63, 3.8) is 0 Å². The maximum absolute atomic E-state index is 11.9. The monoisotopic (exact) mass is 332 g/mol. The SMILES string of the molecule is CCOc1nc2oc(=O)cc(CC)c2c(=O)[nH]1.Fc1ccccc1. The number of hydrogen-bond donors (Lipinski definition) is 1. The van der Waals surface area contributed by atoms with Crippen LogP contribution in [0.2, 0.25) is 0 Å². The molecule has 3 rings (SSSR count). The van der Waals surface area contributed by atoms with Crippen molar-refractivity contribution in [3.05, 3.63) is 68.6 Å². The topological polar surface area (TPSA) is 85.2 Å². The molecule has 126 valence electrons. The third-order valence-electron chi connectivity index (χ3n) is 3.07. The highest BCUT2D eigenvalue weighted by atomic mass is 19.1. The predicted molar refractivity (Wildman–Crippen MR) is 87.8 cm³/mol. The molecule has 0 aliphatic rings. The van der Waals surface area contributed by atoms with Crippen molar-refractivity contribution in [2.75, 3.05) is 6.61 Å². The fraction of sp³-hybridized carbons (Fsp3) is 0.235. The van der Waals surface area contributed by atoms with Crippen LogP contribution in [0.3, 0.4) is 0 Å². The molecule has 0 unspecified atom stereocenters. The smallest absolute Gasteiger partial charge is 0.337 e. The average Bonchev–Trinajstić information content (AvgIpc) is 2.55. The molecule has 3 aromatic rings. The van der Waals surface area contributed by atoms with Gasteiger partial charge in [-0.05, 0) is 31.0 Å². The molecule has 0 saturated carbocycles. The van der Waals surface area contributed by atoms with Gasteiger partial charge in [0.15, 0.2) is 0 Å². The van der Waals surface area contributed by atoms with Gasteiger partial charge in [0.1, 0.15) is 11.2 Å². The van der Waals surface area contributed by atoms with Crippen LogP contribution in [-0.2, 0) is 6.42 Å². The number of H-pyrrole nitrogens is 1. The molecule has 0 radical (unpaired) electrons. The molecule has 0 saturated heterocycles. The van der Waals surface area contributed by atoms with Crippen molar-refractivity contribution in [1.82, 2.24) is 9.97 Å². The van der Waals surface area contributed by atoms with E-state index < -0.39 is 5.63 Å². The molecule has 0 aliphatic carbocycles. The lowest BCUT2D eigenvalue weighted by molar-refractivity contribution is 0.311. The van der Waals surface area contributed by atoms with Gasteiger partial charge in [-0.2, -0.15) is 4.98 Å². The summed E-state index contributed by atoms with van der Waals surface area (Å²) in [4.78, 5) is 29.6. The normalized spacial score (nSPS) is 10.1. The second-order valence-corrected chi connectivity index (χ2v) is 4.72. The number of fused-ring (bicyclic) bond motifs is 1. The second-order valence-electron chi connectivity index (χ2n) is 4.72. The Balaban J connectivity index is 0.000000249. The standard InChI is InChI=1S/C11H12N2O4.C6H5F/c1-3-6-5-7(14)17-10-8(6)9(15)12-11(13-10)16-4-2;7-6-4-2-1-3-5-6/h5H,3-4H2,1-2H3,(H,12,13,15);1-5H. The zero-order valence-electron chi connectivity index (χ0n) is 13.3. The number of halogens is 1. The zero-order chi connectivity index (χ0) is 17.5. The van der Waals surface area contributed by atoms with Gasteiger partial charge in [-0.15, -0.1) is 0 Å². The maximum Gasteiger partial charge on any atom is 0.337 e. The Morgan fingerprint density at radius 1 is 1.21 bits per heavy atom. The molecule has 0 aliphatic heterocycles. The lowest BCUT2D eigenvalue weighted by Gasteiger charge is -2.04. The summed E-state index contributed by atoms with van der Waals surface area (Å²) < 4.78 is 21.9. The number of nitrogens with one attached hydrogen (secondary N) is 1. The zero-order valence-corrected chi connectivity index (χ0v) is 13.3. The van der Waals surface area contributed by atoms with Gasteiger partial charge in [-0.3, -0.25) is 9.78 Å². The van der Waals surface area contributed by atoms with Crippen LogP contribution in [0.1, 0.15) is 19.4 Å². The minimum atomic E-state index is -0.519. The van der Waals surface area contributed by atoms with E-state index in [1.54, 1.807) is 25.1 Å². The molecule has 2 heterocycles. The molecule has 2 aromatic heterocycles. The van der Waals surface area contributed by atoms with Crippen LogP contribution in [0.5, 0.6) is 6.01 Å². The van der Waals surface area contributed by atoms with Gasteiger partial charge in [-0.1, -0.05) is 25.1 Å². The van der Waals surface area contributed by atoms with Crippen molar-refractivity contribution in [1.29, 1.82) is 0 Å². The first-order chi connectivity index (χ1) is 11.5. The Labute approximate surface area is 136 Å². The molecular formula is C17H17FN2O4. The summed E-state index contributed by atoms with van der Waals surface area (Å²) in [5.74, 6) is -0.178. The summed E-state index contributed by atoms with van der Waals surface area (Å²) in [7, 11) is 0. The van der Waals surface area contributed by atoms with Crippen LogP contribution < -0.4 is 15.9 Å². The van der Waals surface area contributed by atoms with Gasteiger partial charge in [-0.25, -0.2) is 9.18 Å². The number of rotatable bonds is 3. The molecule has 6 nitrogen and oxygen atoms in total. The quantitative estimate of drug-likeness (QED) is 0.797. The van der Waals surface area contributed by atoms with E-state index in [0.717, 1.165) is 0 Å². The molecule has 0 spiro atoms. The van der Waals surface area contributed by atoms with Crippen LogP contribution in [0, 0.1) is 5.82 Å². The Hall–Kier alpha value is -2.96. The highest BCUT2D eigenvalue weighted by Gasteiger charge is 2.11. The molecule has 0 fully saturated rings. The first-order valence-electron chi connectivity index (χ1n) is 7.45. The Bertz CT molecular complexity index is 919. The number of aryl methyl sites for hydroxylation is 1. The van der Waals surface area contributed by atoms with Crippen molar-refractivity contribution in [2.45, 2.75) is 20.3 Å². The predicted octanol–water partition coefficient (Wildman–Crippen LogP) is 2.66. The summed E-state index contributed by atoms with van der Waals surface area (Å²) in [6.07, 6.45) is 0.556. The minimum Gasteiger partial charge on any atom is -0.465 e. The second kappa shape index (κ2) is 8.05. The largest absolute Gasteiger partial charge is 0.465 e. The first kappa shape index (κ1) is 17.4. The fourth-order valence-electron chi connectivity index (χ4n) is 2.03. The summed E-state index contributed by atoms with van der Waals surface area (Å²) in [5.41, 5.74) is -0.247. The molecule has 0 amide bonds. The molecular weight excluding hydrogens is 315 g/mol. The van der Waals surface area contributed by atoms with Crippen molar-refractivity contribution in [3.8, 4) is 6.01 Å². The van der Waals surface area contributed by atoms with E-state index in [1.807, 2.05) is 6.92 Å². The molecule has 0 atom stereocenters. The van der Waals surface area contributed by atoms with E-state index in [0.29, 0.717) is 24.0 Å². The number of ether oxygens (including phenoxy) is 1. The summed E-state index contributed by atoms with van der Waals surface area (Å²) in [5, 5.41) is 0.301. The van der Waals surface area contributed by atoms with E-state index in [9.17, 15) is 14.0 Å². The van der Waals surface area contributed by atoms with Crippen LogP contribution in [0.25, 0.3) is 11.1 Å². The number of aromatic amines is 1. The first-order valence-corrected chi connectivity index (χ1v) is 7.45. The average molecular weight is 332 g/mol. The van der Waals surface area contributed by atoms with Gasteiger partial charge in [0.05, 0.1) is 6.61 Å². The Kier molecular flexibility index (Phi) is 5.83. The summed E-state index contributed by atoms with van der Waals surface area (Å²) >= 11 is 0. The third-order valence-corrected chi connectivity index (χ3v) is 3.07. The summed E-state index contributed by atoms with van der Waals surface area (Å²) in [6.45, 7) is 3.99. The third kappa shape index (κ3) is 4.28. The molecule has 24 heavy (non-hydrogen) atoms. The van der Waals surface area contributed by atoms with Gasteiger partial charge in [0.2, 0.25) is 5.71 Å². The minimum absolute atomic E-state index is 0.0153. The maximum atomic E-state index is 11.9. The van der Waals surface area contributed by atoms with E-state index >= 15 is 0 Å². The van der Waals surface area contributed by atoms with E-state index in [-0.39, 0.29) is 23.1 Å². The van der Waals surface area contributed by atoms with Crippen LogP contribution in [0.4, 0.5) is 4.39 Å². The van der Waals surface area contributed by atoms with Crippen LogP contribution >= 0.6 is 0 Å². The van der Waals surface area contributed by atoms with E-state index in [2.05, 4.69) is 9.97 Å². The highest BCUT2D eigenvalue weighted by molar-refractivity contribution is 5.75. The van der Waals surface area contributed by atoms with Gasteiger partial charge < -0.3 is 9.15 Å². The van der Waals surface area contributed by atoms with E-state index in [1.165, 1.54) is 18.2 Å². The molecule has 1 N–H and O–H groups in total. The Morgan fingerprint density at radius 2 is 1.92 bits per heavy atom. The number of hydrogen-bond acceptors (Lipinski definition) is 5. The van der Waals surface area contributed by atoms with Gasteiger partial charge in [0.25, 0.3) is 11.6 Å². The summed E-state index contributed by atoms with van der Waals surface area (Å²) in [6, 6.07) is 9.30. The number of benzene rings is 1. The molecule has 1 aromatic carbocycles. The fourth-order valence-corrected chi connectivity index (χ4v) is 2.03. The van der Waals surface area contributed by atoms with E-state index in [4.69, 9.17) is 9.15 Å². The van der Waals surface area contributed by atoms with Gasteiger partial charge in [0, 0.05) is 6.07 Å². The highest BCUT2D eigenvalue weighted by Crippen LogP contribution is 2.13. The van der Waals surface area contributed by atoms with Crippen molar-refractivity contribution >= 4 is 11.1 Å². The van der Waals surface area contributed by atoms with Gasteiger partial charge >= 0.3 is 5.63 Å². The number of aromatic nitrogens is 2. The van der Waals surface area contributed by atoms with Crippen molar-refractivity contribution < 1.29 is 13.5 Å². The molecule has 7 heteroatoms. The van der Waals surface area contributed by atoms with Crippen LogP contribution in [0.15, 0.2) is 50.4 Å². The number of nitrogens with zero attached hydrogens (tertiary/aromatic N) is 1. The van der Waals surface area contributed by atoms with Crippen molar-refractivity contribution in [2.24, 2.45) is 0 Å². The lowest BCUT2D eigenvalue weighted by Crippen LogP contribution is -2.15. The lowest BCUT2D eigenvalue weighted by atomic mass is 10.1. The van der Waals surface area contributed by atoms with Crippen LogP contribution in [-0.4, -0.2) is 16.6 Å². The molecule has 0 bridgehead atoms. The Morgan fingerprint density at radius 3 is 2.46 bits per heavy atom.